The summed E-state index contributed by atoms with van der Waals surface area (Å²) in [6, 6.07) is 18.2. The van der Waals surface area contributed by atoms with Crippen LogP contribution >= 0.6 is 0 Å². The van der Waals surface area contributed by atoms with Gasteiger partial charge in [-0.05, 0) is 28.2 Å². The third kappa shape index (κ3) is 5.00. The van der Waals surface area contributed by atoms with Gasteiger partial charge in [0, 0.05) is 12.1 Å². The second kappa shape index (κ2) is 8.58. The zero-order valence-corrected chi connectivity index (χ0v) is 16.0. The fourth-order valence-electron chi connectivity index (χ4n) is 2.79. The van der Waals surface area contributed by atoms with E-state index in [0.29, 0.717) is 18.3 Å². The molecule has 140 valence electrons. The van der Waals surface area contributed by atoms with Crippen molar-refractivity contribution in [1.82, 2.24) is 25.5 Å². The average Bonchev–Trinajstić information content (AvgIpc) is 3.15. The summed E-state index contributed by atoms with van der Waals surface area (Å²) >= 11 is 0. The van der Waals surface area contributed by atoms with Gasteiger partial charge in [0.2, 0.25) is 11.7 Å². The van der Waals surface area contributed by atoms with Crippen molar-refractivity contribution in [1.29, 1.82) is 0 Å². The zero-order chi connectivity index (χ0) is 19.2. The van der Waals surface area contributed by atoms with Gasteiger partial charge in [-0.2, -0.15) is 4.80 Å². The maximum atomic E-state index is 12.2. The van der Waals surface area contributed by atoms with E-state index in [9.17, 15) is 4.79 Å². The summed E-state index contributed by atoms with van der Waals surface area (Å²) in [5.41, 5.74) is 3.35. The molecular weight excluding hydrogens is 338 g/mol. The van der Waals surface area contributed by atoms with Crippen LogP contribution in [-0.4, -0.2) is 32.7 Å². The molecule has 0 unspecified atom stereocenters. The van der Waals surface area contributed by atoms with Crippen molar-refractivity contribution in [2.24, 2.45) is 0 Å². The smallest absolute Gasteiger partial charge is 0.243 e. The molecule has 1 heterocycles. The highest BCUT2D eigenvalue weighted by Crippen LogP contribution is 2.19. The molecule has 0 radical (unpaired) electrons. The molecule has 0 aliphatic carbocycles. The summed E-state index contributed by atoms with van der Waals surface area (Å²) in [4.78, 5) is 13.5. The first kappa shape index (κ1) is 18.8. The Bertz CT molecular complexity index is 871. The predicted molar refractivity (Wildman–Crippen MR) is 105 cm³/mol. The summed E-state index contributed by atoms with van der Waals surface area (Å²) in [6.45, 7) is 7.02. The number of aromatic nitrogens is 4. The molecule has 3 aromatic rings. The van der Waals surface area contributed by atoms with Crippen molar-refractivity contribution in [3.63, 3.8) is 0 Å². The third-order valence-corrected chi connectivity index (χ3v) is 4.55. The van der Waals surface area contributed by atoms with Crippen LogP contribution in [0.15, 0.2) is 54.6 Å². The second-order valence-electron chi connectivity index (χ2n) is 7.04. The number of hydrogen-bond donors (Lipinski definition) is 1. The standard InChI is InChI=1S/C21H25N5O/c1-15(2)17-9-11-19(12-10-17)21-23-25-26(24-21)14-20(27)22-13-16(3)18-7-5-4-6-8-18/h4-12,15-16H,13-14H2,1-3H3,(H,22,27)/t16-/m0/s1. The van der Waals surface area contributed by atoms with Gasteiger partial charge in [0.25, 0.3) is 0 Å². The summed E-state index contributed by atoms with van der Waals surface area (Å²) < 4.78 is 0. The molecule has 6 nitrogen and oxygen atoms in total. The van der Waals surface area contributed by atoms with Crippen molar-refractivity contribution < 1.29 is 4.79 Å². The SMILES string of the molecule is CC(C)c1ccc(-c2nnn(CC(=O)NC[C@H](C)c3ccccc3)n2)cc1. The van der Waals surface area contributed by atoms with Crippen LogP contribution in [0.5, 0.6) is 0 Å². The fourth-order valence-corrected chi connectivity index (χ4v) is 2.79. The molecule has 0 fully saturated rings. The van der Waals surface area contributed by atoms with E-state index in [2.05, 4.69) is 65.8 Å². The van der Waals surface area contributed by atoms with Gasteiger partial charge in [0.05, 0.1) is 0 Å². The lowest BCUT2D eigenvalue weighted by Gasteiger charge is -2.12. The minimum absolute atomic E-state index is 0.0542. The van der Waals surface area contributed by atoms with E-state index in [1.807, 2.05) is 30.3 Å². The number of nitrogens with zero attached hydrogens (tertiary/aromatic N) is 4. The first-order chi connectivity index (χ1) is 13.0. The second-order valence-corrected chi connectivity index (χ2v) is 7.04. The summed E-state index contributed by atoms with van der Waals surface area (Å²) in [6.07, 6.45) is 0. The van der Waals surface area contributed by atoms with Gasteiger partial charge in [-0.3, -0.25) is 4.79 Å². The lowest BCUT2D eigenvalue weighted by atomic mass is 10.0. The molecule has 2 aromatic carbocycles. The highest BCUT2D eigenvalue weighted by molar-refractivity contribution is 5.75. The Kier molecular flexibility index (Phi) is 5.96. The number of carbonyl (C=O) groups excluding carboxylic acids is 1. The summed E-state index contributed by atoms with van der Waals surface area (Å²) in [5.74, 6) is 1.12. The van der Waals surface area contributed by atoms with Gasteiger partial charge in [-0.1, -0.05) is 75.4 Å². The number of amides is 1. The lowest BCUT2D eigenvalue weighted by molar-refractivity contribution is -0.122. The minimum Gasteiger partial charge on any atom is -0.354 e. The predicted octanol–water partition coefficient (Wildman–Crippen LogP) is 3.38. The third-order valence-electron chi connectivity index (χ3n) is 4.55. The maximum Gasteiger partial charge on any atom is 0.243 e. The number of benzene rings is 2. The minimum atomic E-state index is -0.128. The van der Waals surface area contributed by atoms with E-state index >= 15 is 0 Å². The van der Waals surface area contributed by atoms with Crippen LogP contribution in [0.2, 0.25) is 0 Å². The molecule has 1 N–H and O–H groups in total. The Morgan fingerprint density at radius 2 is 1.70 bits per heavy atom. The molecule has 3 rings (SSSR count). The largest absolute Gasteiger partial charge is 0.354 e. The maximum absolute atomic E-state index is 12.2. The Balaban J connectivity index is 1.54. The number of nitrogens with one attached hydrogen (secondary N) is 1. The number of hydrogen-bond acceptors (Lipinski definition) is 4. The van der Waals surface area contributed by atoms with E-state index in [4.69, 9.17) is 0 Å². The molecule has 0 saturated carbocycles. The van der Waals surface area contributed by atoms with Crippen LogP contribution in [0.3, 0.4) is 0 Å². The van der Waals surface area contributed by atoms with Gasteiger partial charge < -0.3 is 5.32 Å². The molecule has 1 atom stereocenters. The van der Waals surface area contributed by atoms with E-state index in [0.717, 1.165) is 5.56 Å². The van der Waals surface area contributed by atoms with Crippen LogP contribution < -0.4 is 5.32 Å². The van der Waals surface area contributed by atoms with Gasteiger partial charge in [-0.25, -0.2) is 0 Å². The van der Waals surface area contributed by atoms with E-state index in [1.165, 1.54) is 15.9 Å². The molecular formula is C21H25N5O. The Morgan fingerprint density at radius 3 is 2.37 bits per heavy atom. The van der Waals surface area contributed by atoms with E-state index in [-0.39, 0.29) is 18.4 Å². The monoisotopic (exact) mass is 363 g/mol. The van der Waals surface area contributed by atoms with E-state index in [1.54, 1.807) is 0 Å². The first-order valence-electron chi connectivity index (χ1n) is 9.22. The topological polar surface area (TPSA) is 72.7 Å². The molecule has 6 heteroatoms. The molecule has 0 aliphatic heterocycles. The Hall–Kier alpha value is -3.02. The summed E-state index contributed by atoms with van der Waals surface area (Å²) in [7, 11) is 0. The van der Waals surface area contributed by atoms with Crippen LogP contribution in [0.4, 0.5) is 0 Å². The molecule has 1 amide bonds. The van der Waals surface area contributed by atoms with Gasteiger partial charge in [-0.15, -0.1) is 10.2 Å². The van der Waals surface area contributed by atoms with Crippen molar-refractivity contribution in [2.75, 3.05) is 6.54 Å². The number of tetrazole rings is 1. The van der Waals surface area contributed by atoms with Crippen LogP contribution in [0, 0.1) is 0 Å². The number of carbonyl (C=O) groups is 1. The molecule has 27 heavy (non-hydrogen) atoms. The Labute approximate surface area is 159 Å². The highest BCUT2D eigenvalue weighted by Gasteiger charge is 2.11. The molecule has 0 saturated heterocycles. The average molecular weight is 363 g/mol. The van der Waals surface area contributed by atoms with E-state index < -0.39 is 0 Å². The van der Waals surface area contributed by atoms with Crippen molar-refractivity contribution in [3.8, 4) is 11.4 Å². The number of rotatable bonds is 7. The van der Waals surface area contributed by atoms with Crippen molar-refractivity contribution in [3.05, 3.63) is 65.7 Å². The summed E-state index contributed by atoms with van der Waals surface area (Å²) in [5, 5.41) is 15.3. The van der Waals surface area contributed by atoms with Crippen molar-refractivity contribution in [2.45, 2.75) is 39.2 Å². The normalized spacial score (nSPS) is 12.1. The van der Waals surface area contributed by atoms with Crippen LogP contribution in [0.25, 0.3) is 11.4 Å². The fraction of sp³-hybridized carbons (Fsp3) is 0.333. The molecule has 0 bridgehead atoms. The van der Waals surface area contributed by atoms with Crippen LogP contribution in [0.1, 0.15) is 43.7 Å². The molecule has 0 aliphatic rings. The molecule has 1 aromatic heterocycles. The van der Waals surface area contributed by atoms with Crippen LogP contribution in [-0.2, 0) is 11.3 Å². The Morgan fingerprint density at radius 1 is 1.00 bits per heavy atom. The first-order valence-corrected chi connectivity index (χ1v) is 9.22. The quantitative estimate of drug-likeness (QED) is 0.698. The zero-order valence-electron chi connectivity index (χ0n) is 16.0. The van der Waals surface area contributed by atoms with Gasteiger partial charge in [0.15, 0.2) is 0 Å². The highest BCUT2D eigenvalue weighted by atomic mass is 16.2. The van der Waals surface area contributed by atoms with Crippen molar-refractivity contribution >= 4 is 5.91 Å². The van der Waals surface area contributed by atoms with Gasteiger partial charge in [0.1, 0.15) is 6.54 Å². The lowest BCUT2D eigenvalue weighted by Crippen LogP contribution is -2.31. The van der Waals surface area contributed by atoms with Gasteiger partial charge >= 0.3 is 0 Å². The molecule has 0 spiro atoms.